The molecule has 3 atom stereocenters. The summed E-state index contributed by atoms with van der Waals surface area (Å²) in [5.41, 5.74) is 6.96. The van der Waals surface area contributed by atoms with Crippen LogP contribution in [0.2, 0.25) is 0 Å². The van der Waals surface area contributed by atoms with Gasteiger partial charge in [-0.05, 0) is 38.1 Å². The van der Waals surface area contributed by atoms with Crippen LogP contribution in [0.1, 0.15) is 46.5 Å². The van der Waals surface area contributed by atoms with E-state index >= 15 is 0 Å². The number of ether oxygens (including phenoxy) is 1. The Morgan fingerprint density at radius 3 is 2.63 bits per heavy atom. The molecule has 3 heteroatoms. The molecule has 0 radical (unpaired) electrons. The van der Waals surface area contributed by atoms with Gasteiger partial charge in [0.2, 0.25) is 0 Å². The summed E-state index contributed by atoms with van der Waals surface area (Å²) in [7, 11) is 0. The number of nitrogens with zero attached hydrogens (tertiary/aromatic N) is 1. The Kier molecular flexibility index (Phi) is 3.43. The zero-order valence-electron chi connectivity index (χ0n) is 12.8. The van der Waals surface area contributed by atoms with Crippen molar-refractivity contribution in [3.63, 3.8) is 0 Å². The van der Waals surface area contributed by atoms with Gasteiger partial charge in [-0.3, -0.25) is 0 Å². The fourth-order valence-corrected chi connectivity index (χ4v) is 4.38. The lowest BCUT2D eigenvalue weighted by molar-refractivity contribution is -0.163. The molecule has 2 saturated carbocycles. The molecule has 0 spiro atoms. The van der Waals surface area contributed by atoms with Crippen LogP contribution in [-0.2, 0) is 4.74 Å². The van der Waals surface area contributed by atoms with Crippen molar-refractivity contribution in [1.82, 2.24) is 4.90 Å². The minimum Gasteiger partial charge on any atom is -0.377 e. The molecule has 3 aliphatic rings. The number of rotatable bonds is 6. The van der Waals surface area contributed by atoms with Gasteiger partial charge in [0.15, 0.2) is 0 Å². The van der Waals surface area contributed by atoms with E-state index in [1.54, 1.807) is 0 Å². The summed E-state index contributed by atoms with van der Waals surface area (Å²) in [6.07, 6.45) is 5.65. The van der Waals surface area contributed by atoms with Crippen molar-refractivity contribution in [3.05, 3.63) is 0 Å². The van der Waals surface area contributed by atoms with Gasteiger partial charge in [-0.15, -0.1) is 0 Å². The fraction of sp³-hybridized carbons (Fsp3) is 1.00. The normalized spacial score (nSPS) is 40.3. The molecule has 3 rings (SSSR count). The second kappa shape index (κ2) is 4.71. The van der Waals surface area contributed by atoms with E-state index in [2.05, 4.69) is 25.7 Å². The SMILES string of the molecule is CCCN(CC1CC1)CC1(N)C2CCOC2C1(C)C. The molecule has 2 N–H and O–H groups in total. The van der Waals surface area contributed by atoms with Gasteiger partial charge in [-0.1, -0.05) is 20.8 Å². The van der Waals surface area contributed by atoms with E-state index in [1.807, 2.05) is 0 Å². The minimum atomic E-state index is -0.0434. The summed E-state index contributed by atoms with van der Waals surface area (Å²) in [4.78, 5) is 2.63. The molecule has 0 bridgehead atoms. The molecule has 19 heavy (non-hydrogen) atoms. The van der Waals surface area contributed by atoms with Crippen molar-refractivity contribution in [1.29, 1.82) is 0 Å². The molecule has 1 heterocycles. The summed E-state index contributed by atoms with van der Waals surface area (Å²) in [6, 6.07) is 0. The maximum absolute atomic E-state index is 6.87. The third-order valence-electron chi connectivity index (χ3n) is 5.90. The summed E-state index contributed by atoms with van der Waals surface area (Å²) in [5, 5.41) is 0. The van der Waals surface area contributed by atoms with Crippen LogP contribution in [0.5, 0.6) is 0 Å². The van der Waals surface area contributed by atoms with Crippen LogP contribution in [0.25, 0.3) is 0 Å². The first kappa shape index (κ1) is 13.8. The Labute approximate surface area is 117 Å². The molecule has 0 aromatic rings. The average molecular weight is 266 g/mol. The number of fused-ring (bicyclic) bond motifs is 1. The van der Waals surface area contributed by atoms with Crippen LogP contribution in [-0.4, -0.2) is 42.8 Å². The van der Waals surface area contributed by atoms with Crippen LogP contribution in [0.3, 0.4) is 0 Å². The van der Waals surface area contributed by atoms with Gasteiger partial charge in [-0.2, -0.15) is 0 Å². The van der Waals surface area contributed by atoms with Gasteiger partial charge in [-0.25, -0.2) is 0 Å². The zero-order valence-corrected chi connectivity index (χ0v) is 12.8. The molecule has 3 fully saturated rings. The van der Waals surface area contributed by atoms with E-state index in [0.29, 0.717) is 12.0 Å². The van der Waals surface area contributed by atoms with Gasteiger partial charge < -0.3 is 15.4 Å². The Morgan fingerprint density at radius 1 is 1.26 bits per heavy atom. The first-order valence-electron chi connectivity index (χ1n) is 8.12. The predicted octanol–water partition coefficient (Wildman–Crippen LogP) is 2.25. The first-order valence-corrected chi connectivity index (χ1v) is 8.12. The molecule has 3 unspecified atom stereocenters. The fourth-order valence-electron chi connectivity index (χ4n) is 4.38. The van der Waals surface area contributed by atoms with Gasteiger partial charge in [0.1, 0.15) is 0 Å². The van der Waals surface area contributed by atoms with Crippen LogP contribution >= 0.6 is 0 Å². The highest BCUT2D eigenvalue weighted by molar-refractivity contribution is 5.21. The molecule has 0 amide bonds. The third kappa shape index (κ3) is 2.14. The maximum atomic E-state index is 6.87. The van der Waals surface area contributed by atoms with Gasteiger partial charge >= 0.3 is 0 Å². The summed E-state index contributed by atoms with van der Waals surface area (Å²) in [5.74, 6) is 1.54. The molecule has 2 aliphatic carbocycles. The van der Waals surface area contributed by atoms with Crippen molar-refractivity contribution in [2.75, 3.05) is 26.2 Å². The molecule has 110 valence electrons. The lowest BCUT2D eigenvalue weighted by Gasteiger charge is -2.63. The highest BCUT2D eigenvalue weighted by Crippen LogP contribution is 2.58. The summed E-state index contributed by atoms with van der Waals surface area (Å²) < 4.78 is 5.90. The predicted molar refractivity (Wildman–Crippen MR) is 78.0 cm³/mol. The molecule has 1 aliphatic heterocycles. The molecule has 0 aromatic heterocycles. The monoisotopic (exact) mass is 266 g/mol. The van der Waals surface area contributed by atoms with E-state index in [1.165, 1.54) is 32.4 Å². The molecule has 3 nitrogen and oxygen atoms in total. The van der Waals surface area contributed by atoms with Crippen LogP contribution in [0.15, 0.2) is 0 Å². The molecular formula is C16H30N2O. The van der Waals surface area contributed by atoms with Crippen molar-refractivity contribution < 1.29 is 4.74 Å². The van der Waals surface area contributed by atoms with E-state index < -0.39 is 0 Å². The Bertz CT molecular complexity index is 340. The lowest BCUT2D eigenvalue weighted by atomic mass is 9.48. The van der Waals surface area contributed by atoms with E-state index in [0.717, 1.165) is 25.5 Å². The maximum Gasteiger partial charge on any atom is 0.0691 e. The van der Waals surface area contributed by atoms with Crippen LogP contribution in [0.4, 0.5) is 0 Å². The lowest BCUT2D eigenvalue weighted by Crippen LogP contribution is -2.78. The van der Waals surface area contributed by atoms with Gasteiger partial charge in [0.25, 0.3) is 0 Å². The number of hydrogen-bond donors (Lipinski definition) is 1. The van der Waals surface area contributed by atoms with Crippen molar-refractivity contribution in [2.45, 2.75) is 58.1 Å². The highest BCUT2D eigenvalue weighted by atomic mass is 16.5. The van der Waals surface area contributed by atoms with E-state index in [4.69, 9.17) is 10.5 Å². The van der Waals surface area contributed by atoms with Crippen LogP contribution < -0.4 is 5.73 Å². The average Bonchev–Trinajstić information content (AvgIpc) is 3.03. The number of hydrogen-bond acceptors (Lipinski definition) is 3. The summed E-state index contributed by atoms with van der Waals surface area (Å²) in [6.45, 7) is 11.3. The number of nitrogens with two attached hydrogens (primary N) is 1. The van der Waals surface area contributed by atoms with Crippen LogP contribution in [0, 0.1) is 17.3 Å². The minimum absolute atomic E-state index is 0.0434. The second-order valence-electron chi connectivity index (χ2n) is 7.63. The Morgan fingerprint density at radius 2 is 2.00 bits per heavy atom. The largest absolute Gasteiger partial charge is 0.377 e. The van der Waals surface area contributed by atoms with Gasteiger partial charge in [0.05, 0.1) is 6.10 Å². The molecular weight excluding hydrogens is 236 g/mol. The summed E-state index contributed by atoms with van der Waals surface area (Å²) >= 11 is 0. The zero-order chi connectivity index (χ0) is 13.7. The second-order valence-corrected chi connectivity index (χ2v) is 7.63. The molecule has 1 saturated heterocycles. The quantitative estimate of drug-likeness (QED) is 0.801. The Hall–Kier alpha value is -0.120. The molecule has 0 aromatic carbocycles. The van der Waals surface area contributed by atoms with Crippen molar-refractivity contribution in [3.8, 4) is 0 Å². The highest BCUT2D eigenvalue weighted by Gasteiger charge is 2.67. The van der Waals surface area contributed by atoms with E-state index in [9.17, 15) is 0 Å². The topological polar surface area (TPSA) is 38.5 Å². The third-order valence-corrected chi connectivity index (χ3v) is 5.90. The van der Waals surface area contributed by atoms with Gasteiger partial charge in [0, 0.05) is 36.6 Å². The smallest absolute Gasteiger partial charge is 0.0691 e. The standard InChI is InChI=1S/C16H30N2O/c1-4-8-18(10-12-5-6-12)11-16(17)13-7-9-19-14(13)15(16,2)3/h12-14H,4-11,17H2,1-3H3. The Balaban J connectivity index is 1.68. The van der Waals surface area contributed by atoms with E-state index in [-0.39, 0.29) is 11.0 Å². The van der Waals surface area contributed by atoms with Crippen molar-refractivity contribution in [2.24, 2.45) is 23.0 Å². The van der Waals surface area contributed by atoms with Crippen molar-refractivity contribution >= 4 is 0 Å². The first-order chi connectivity index (χ1) is 8.99.